The monoisotopic (exact) mass is 346 g/mol. The minimum absolute atomic E-state index is 0.335. The van der Waals surface area contributed by atoms with Crippen molar-refractivity contribution in [2.75, 3.05) is 6.61 Å². The van der Waals surface area contributed by atoms with Gasteiger partial charge in [0.15, 0.2) is 6.61 Å². The van der Waals surface area contributed by atoms with Crippen LogP contribution < -0.4 is 9.47 Å². The number of carbonyl (C=O) groups excluding carboxylic acids is 1. The summed E-state index contributed by atoms with van der Waals surface area (Å²) in [6.45, 7) is 2.91. The first kappa shape index (κ1) is 17.9. The predicted molar refractivity (Wildman–Crippen MR) is 91.6 cm³/mol. The van der Waals surface area contributed by atoms with E-state index in [4.69, 9.17) is 14.6 Å². The number of ether oxygens (including phenoxy) is 2. The molecule has 2 aromatic rings. The molecule has 0 aromatic heterocycles. The number of thioether (sulfide) groups is 1. The predicted octanol–water partition coefficient (Wildman–Crippen LogP) is 3.68. The number of benzene rings is 2. The van der Waals surface area contributed by atoms with Crippen molar-refractivity contribution in [3.63, 3.8) is 0 Å². The van der Waals surface area contributed by atoms with Crippen LogP contribution in [-0.2, 0) is 15.3 Å². The molecule has 0 saturated carbocycles. The van der Waals surface area contributed by atoms with Gasteiger partial charge >= 0.3 is 11.9 Å². The van der Waals surface area contributed by atoms with Gasteiger partial charge in [0.2, 0.25) is 0 Å². The van der Waals surface area contributed by atoms with Crippen LogP contribution in [0.15, 0.2) is 47.4 Å². The van der Waals surface area contributed by atoms with Crippen LogP contribution in [0.25, 0.3) is 0 Å². The lowest BCUT2D eigenvalue weighted by Gasteiger charge is -2.09. The molecule has 0 fully saturated rings. The van der Waals surface area contributed by atoms with E-state index >= 15 is 0 Å². The molecule has 0 aliphatic carbocycles. The molecule has 2 rings (SSSR count). The highest BCUT2D eigenvalue weighted by Crippen LogP contribution is 2.28. The SMILES string of the molecule is CC(=O)Oc1ccc(CSc2ccc(OCC(=O)O)c(C)c2)cc1. The van der Waals surface area contributed by atoms with Crippen molar-refractivity contribution in [3.05, 3.63) is 53.6 Å². The number of hydrogen-bond acceptors (Lipinski definition) is 5. The number of hydrogen-bond donors (Lipinski definition) is 1. The minimum atomic E-state index is -0.995. The Balaban J connectivity index is 1.93. The second-order valence-electron chi connectivity index (χ2n) is 5.14. The minimum Gasteiger partial charge on any atom is -0.482 e. The lowest BCUT2D eigenvalue weighted by atomic mass is 10.2. The standard InChI is InChI=1S/C18H18O5S/c1-12-9-16(7-8-17(12)22-10-18(20)21)24-11-14-3-5-15(6-4-14)23-13(2)19/h3-9H,10-11H2,1-2H3,(H,20,21). The zero-order valence-corrected chi connectivity index (χ0v) is 14.3. The molecule has 5 nitrogen and oxygen atoms in total. The summed E-state index contributed by atoms with van der Waals surface area (Å²) in [6.07, 6.45) is 0. The van der Waals surface area contributed by atoms with Crippen LogP contribution in [0.3, 0.4) is 0 Å². The third-order valence-electron chi connectivity index (χ3n) is 3.09. The van der Waals surface area contributed by atoms with Crippen LogP contribution in [-0.4, -0.2) is 23.7 Å². The summed E-state index contributed by atoms with van der Waals surface area (Å²) in [4.78, 5) is 22.5. The summed E-state index contributed by atoms with van der Waals surface area (Å²) in [5, 5.41) is 8.64. The molecule has 6 heteroatoms. The smallest absolute Gasteiger partial charge is 0.341 e. The second kappa shape index (κ2) is 8.40. The number of carboxylic acid groups (broad SMARTS) is 1. The second-order valence-corrected chi connectivity index (χ2v) is 6.18. The van der Waals surface area contributed by atoms with E-state index in [1.165, 1.54) is 6.92 Å². The van der Waals surface area contributed by atoms with E-state index in [1.807, 2.05) is 31.2 Å². The summed E-state index contributed by atoms with van der Waals surface area (Å²) >= 11 is 1.66. The van der Waals surface area contributed by atoms with Gasteiger partial charge < -0.3 is 14.6 Å². The molecule has 0 radical (unpaired) electrons. The molecular formula is C18H18O5S. The fraction of sp³-hybridized carbons (Fsp3) is 0.222. The summed E-state index contributed by atoms with van der Waals surface area (Å²) in [7, 11) is 0. The maximum Gasteiger partial charge on any atom is 0.341 e. The number of carboxylic acids is 1. The van der Waals surface area contributed by atoms with Crippen LogP contribution >= 0.6 is 11.8 Å². The molecule has 0 spiro atoms. The van der Waals surface area contributed by atoms with E-state index in [1.54, 1.807) is 30.0 Å². The summed E-state index contributed by atoms with van der Waals surface area (Å²) in [5.74, 6) is 0.553. The maximum absolute atomic E-state index is 10.9. The highest BCUT2D eigenvalue weighted by atomic mass is 32.2. The van der Waals surface area contributed by atoms with Gasteiger partial charge in [-0.1, -0.05) is 12.1 Å². The molecule has 24 heavy (non-hydrogen) atoms. The van der Waals surface area contributed by atoms with Crippen LogP contribution in [0.1, 0.15) is 18.1 Å². The van der Waals surface area contributed by atoms with Crippen LogP contribution in [0.5, 0.6) is 11.5 Å². The average Bonchev–Trinajstić information content (AvgIpc) is 2.52. The third kappa shape index (κ3) is 5.62. The van der Waals surface area contributed by atoms with Gasteiger partial charge in [0.05, 0.1) is 0 Å². The van der Waals surface area contributed by atoms with E-state index < -0.39 is 5.97 Å². The topological polar surface area (TPSA) is 72.8 Å². The Bertz CT molecular complexity index is 725. The Morgan fingerprint density at radius 2 is 1.83 bits per heavy atom. The van der Waals surface area contributed by atoms with E-state index in [-0.39, 0.29) is 12.6 Å². The van der Waals surface area contributed by atoms with Gasteiger partial charge in [0.1, 0.15) is 11.5 Å². The Labute approximate surface area is 144 Å². The molecule has 0 heterocycles. The normalized spacial score (nSPS) is 10.2. The van der Waals surface area contributed by atoms with E-state index in [0.717, 1.165) is 21.8 Å². The third-order valence-corrected chi connectivity index (χ3v) is 4.15. The molecule has 0 bridgehead atoms. The van der Waals surface area contributed by atoms with E-state index in [2.05, 4.69) is 0 Å². The highest BCUT2D eigenvalue weighted by Gasteiger charge is 2.05. The van der Waals surface area contributed by atoms with Crippen molar-refractivity contribution in [1.82, 2.24) is 0 Å². The van der Waals surface area contributed by atoms with Gasteiger partial charge in [0.25, 0.3) is 0 Å². The summed E-state index contributed by atoms with van der Waals surface area (Å²) in [6, 6.07) is 13.0. The van der Waals surface area contributed by atoms with Crippen LogP contribution in [0.4, 0.5) is 0 Å². The lowest BCUT2D eigenvalue weighted by Crippen LogP contribution is -2.09. The number of rotatable bonds is 7. The molecule has 0 unspecified atom stereocenters. The van der Waals surface area contributed by atoms with Crippen LogP contribution in [0, 0.1) is 6.92 Å². The number of esters is 1. The summed E-state index contributed by atoms with van der Waals surface area (Å²) in [5.41, 5.74) is 2.01. The average molecular weight is 346 g/mol. The molecule has 0 atom stereocenters. The molecule has 2 aromatic carbocycles. The molecule has 0 amide bonds. The molecule has 1 N–H and O–H groups in total. The van der Waals surface area contributed by atoms with E-state index in [0.29, 0.717) is 11.5 Å². The van der Waals surface area contributed by atoms with E-state index in [9.17, 15) is 9.59 Å². The fourth-order valence-electron chi connectivity index (χ4n) is 2.00. The van der Waals surface area contributed by atoms with Crippen molar-refractivity contribution in [2.45, 2.75) is 24.5 Å². The van der Waals surface area contributed by atoms with Crippen molar-refractivity contribution in [3.8, 4) is 11.5 Å². The number of carbonyl (C=O) groups is 2. The fourth-order valence-corrected chi connectivity index (χ4v) is 2.95. The Hall–Kier alpha value is -2.47. The number of aryl methyl sites for hydroxylation is 1. The van der Waals surface area contributed by atoms with Crippen molar-refractivity contribution in [1.29, 1.82) is 0 Å². The Kier molecular flexibility index (Phi) is 6.26. The Morgan fingerprint density at radius 3 is 2.42 bits per heavy atom. The zero-order valence-electron chi connectivity index (χ0n) is 13.4. The summed E-state index contributed by atoms with van der Waals surface area (Å²) < 4.78 is 10.2. The zero-order chi connectivity index (χ0) is 17.5. The molecule has 126 valence electrons. The van der Waals surface area contributed by atoms with Crippen molar-refractivity contribution >= 4 is 23.7 Å². The molecule has 0 aliphatic rings. The first-order chi connectivity index (χ1) is 11.4. The first-order valence-corrected chi connectivity index (χ1v) is 8.28. The highest BCUT2D eigenvalue weighted by molar-refractivity contribution is 7.98. The van der Waals surface area contributed by atoms with Gasteiger partial charge in [-0.2, -0.15) is 0 Å². The largest absolute Gasteiger partial charge is 0.482 e. The maximum atomic E-state index is 10.9. The molecule has 0 aliphatic heterocycles. The number of aliphatic carboxylic acids is 1. The quantitative estimate of drug-likeness (QED) is 0.468. The van der Waals surface area contributed by atoms with Crippen molar-refractivity contribution in [2.24, 2.45) is 0 Å². The van der Waals surface area contributed by atoms with Gasteiger partial charge in [-0.3, -0.25) is 4.79 Å². The first-order valence-electron chi connectivity index (χ1n) is 7.29. The van der Waals surface area contributed by atoms with Gasteiger partial charge in [0, 0.05) is 17.6 Å². The van der Waals surface area contributed by atoms with Crippen molar-refractivity contribution < 1.29 is 24.2 Å². The lowest BCUT2D eigenvalue weighted by molar-refractivity contribution is -0.139. The van der Waals surface area contributed by atoms with Gasteiger partial charge in [-0.25, -0.2) is 4.79 Å². The molecule has 0 saturated heterocycles. The molecular weight excluding hydrogens is 328 g/mol. The Morgan fingerprint density at radius 1 is 1.12 bits per heavy atom. The van der Waals surface area contributed by atoms with Gasteiger partial charge in [-0.05, 0) is 48.4 Å². The van der Waals surface area contributed by atoms with Gasteiger partial charge in [-0.15, -0.1) is 11.8 Å². The van der Waals surface area contributed by atoms with Crippen LogP contribution in [0.2, 0.25) is 0 Å².